The van der Waals surface area contributed by atoms with Gasteiger partial charge in [-0.3, -0.25) is 14.5 Å². The Kier molecular flexibility index (Phi) is 8.30. The number of nitrogens with zero attached hydrogens (tertiary/aromatic N) is 3. The number of fused-ring (bicyclic) bond motifs is 5. The van der Waals surface area contributed by atoms with Crippen LogP contribution in [0.4, 0.5) is 10.1 Å². The summed E-state index contributed by atoms with van der Waals surface area (Å²) in [6.07, 6.45) is 2.96. The molecule has 2 fully saturated rings. The Hall–Kier alpha value is -3.50. The van der Waals surface area contributed by atoms with Crippen molar-refractivity contribution in [1.82, 2.24) is 19.8 Å². The number of aromatic nitrogens is 2. The van der Waals surface area contributed by atoms with Gasteiger partial charge in [0.15, 0.2) is 0 Å². The molecular formula is C35H36Cl2FN5O3. The smallest absolute Gasteiger partial charge is 0.251 e. The fourth-order valence-corrected chi connectivity index (χ4v) is 7.98. The van der Waals surface area contributed by atoms with Crippen molar-refractivity contribution in [3.8, 4) is 0 Å². The summed E-state index contributed by atoms with van der Waals surface area (Å²) in [5.74, 6) is -0.625. The van der Waals surface area contributed by atoms with Crippen LogP contribution in [0.1, 0.15) is 59.8 Å². The van der Waals surface area contributed by atoms with Crippen molar-refractivity contribution >= 4 is 51.7 Å². The highest BCUT2D eigenvalue weighted by Gasteiger charge is 2.63. The third-order valence-corrected chi connectivity index (χ3v) is 10.5. The normalized spacial score (nSPS) is 24.1. The van der Waals surface area contributed by atoms with E-state index in [1.54, 1.807) is 55.6 Å². The van der Waals surface area contributed by atoms with Crippen molar-refractivity contribution in [2.45, 2.75) is 56.1 Å². The summed E-state index contributed by atoms with van der Waals surface area (Å²) in [5.41, 5.74) is 1.91. The number of rotatable bonds is 9. The van der Waals surface area contributed by atoms with Gasteiger partial charge in [0, 0.05) is 60.9 Å². The van der Waals surface area contributed by atoms with E-state index < -0.39 is 17.3 Å². The maximum Gasteiger partial charge on any atom is 0.251 e. The van der Waals surface area contributed by atoms with Crippen LogP contribution in [-0.4, -0.2) is 64.7 Å². The van der Waals surface area contributed by atoms with Crippen LogP contribution in [-0.2, 0) is 16.1 Å². The van der Waals surface area contributed by atoms with Crippen molar-refractivity contribution in [2.24, 2.45) is 5.92 Å². The molecule has 0 bridgehead atoms. The van der Waals surface area contributed by atoms with Crippen LogP contribution < -0.4 is 10.6 Å². The lowest BCUT2D eigenvalue weighted by Crippen LogP contribution is -2.56. The van der Waals surface area contributed by atoms with Gasteiger partial charge in [0.05, 0.1) is 22.7 Å². The second kappa shape index (κ2) is 12.3. The van der Waals surface area contributed by atoms with Gasteiger partial charge in [-0.2, -0.15) is 0 Å². The van der Waals surface area contributed by atoms with E-state index in [0.29, 0.717) is 53.0 Å². The zero-order valence-corrected chi connectivity index (χ0v) is 27.2. The number of methoxy groups -OCH3 is 1. The highest BCUT2D eigenvalue weighted by molar-refractivity contribution is 6.31. The fraction of sp³-hybridized carbons (Fsp3) is 0.400. The number of likely N-dealkylation sites (tertiary alicyclic amines) is 1. The Labute approximate surface area is 277 Å². The number of halogens is 3. The Morgan fingerprint density at radius 3 is 2.65 bits per heavy atom. The van der Waals surface area contributed by atoms with Gasteiger partial charge in [-0.1, -0.05) is 41.4 Å². The Bertz CT molecular complexity index is 1830. The van der Waals surface area contributed by atoms with Gasteiger partial charge in [0.25, 0.3) is 5.91 Å². The standard InChI is InChI=1S/C35H36Cl2FN5O3/c1-35(34(45)40-23-6-3-5-22(36)18-23)30(24-7-4-8-25(37)31(24)38)29-28(43(35)19-20-9-10-20)13-15-42-27-12-11-21(17-26(27)41-32(29)42)33(44)39-14-16-46-2/h3-8,11-12,17-18,20,28-30H,9-10,13-16,19H2,1-2H3,(H,39,44)(H,40,45)/t28-,29+,30-,35+/m0/s1. The fourth-order valence-electron chi connectivity index (χ4n) is 7.61. The summed E-state index contributed by atoms with van der Waals surface area (Å²) >= 11 is 12.7. The quantitative estimate of drug-likeness (QED) is 0.197. The lowest BCUT2D eigenvalue weighted by molar-refractivity contribution is -0.127. The maximum atomic E-state index is 16.2. The number of hydrogen-bond acceptors (Lipinski definition) is 5. The number of hydrogen-bond donors (Lipinski definition) is 2. The molecule has 0 unspecified atom stereocenters. The van der Waals surface area contributed by atoms with Crippen molar-refractivity contribution in [3.05, 3.63) is 93.5 Å². The van der Waals surface area contributed by atoms with E-state index in [1.807, 2.05) is 13.0 Å². The first kappa shape index (κ1) is 31.1. The molecule has 3 aliphatic rings. The lowest BCUT2D eigenvalue weighted by Gasteiger charge is -2.40. The first-order chi connectivity index (χ1) is 22.2. The minimum Gasteiger partial charge on any atom is -0.383 e. The molecule has 1 saturated carbocycles. The average molecular weight is 665 g/mol. The Balaban J connectivity index is 1.37. The summed E-state index contributed by atoms with van der Waals surface area (Å²) in [6, 6.07) is 17.6. The van der Waals surface area contributed by atoms with E-state index in [9.17, 15) is 9.59 Å². The minimum atomic E-state index is -1.15. The number of imidazole rings is 1. The molecule has 1 aliphatic carbocycles. The molecule has 4 aromatic rings. The molecule has 1 aromatic heterocycles. The summed E-state index contributed by atoms with van der Waals surface area (Å²) in [7, 11) is 1.59. The molecule has 8 nitrogen and oxygen atoms in total. The Morgan fingerprint density at radius 2 is 1.89 bits per heavy atom. The first-order valence-corrected chi connectivity index (χ1v) is 16.5. The number of anilines is 1. The molecule has 3 heterocycles. The average Bonchev–Trinajstić information content (AvgIpc) is 3.73. The predicted molar refractivity (Wildman–Crippen MR) is 177 cm³/mol. The van der Waals surface area contributed by atoms with Gasteiger partial charge in [-0.05, 0) is 80.1 Å². The van der Waals surface area contributed by atoms with Crippen molar-refractivity contribution < 1.29 is 18.7 Å². The van der Waals surface area contributed by atoms with Gasteiger partial charge in [0.1, 0.15) is 17.2 Å². The van der Waals surface area contributed by atoms with Crippen molar-refractivity contribution in [2.75, 3.05) is 32.1 Å². The molecule has 2 N–H and O–H groups in total. The highest BCUT2D eigenvalue weighted by Crippen LogP contribution is 2.58. The molecule has 46 heavy (non-hydrogen) atoms. The van der Waals surface area contributed by atoms with Gasteiger partial charge in [0.2, 0.25) is 5.91 Å². The highest BCUT2D eigenvalue weighted by atomic mass is 35.5. The van der Waals surface area contributed by atoms with Gasteiger partial charge in [-0.25, -0.2) is 9.37 Å². The van der Waals surface area contributed by atoms with E-state index in [0.717, 1.165) is 37.1 Å². The topological polar surface area (TPSA) is 88.5 Å². The van der Waals surface area contributed by atoms with Gasteiger partial charge < -0.3 is 19.9 Å². The van der Waals surface area contributed by atoms with Gasteiger partial charge >= 0.3 is 0 Å². The van der Waals surface area contributed by atoms with Crippen molar-refractivity contribution in [3.63, 3.8) is 0 Å². The maximum absolute atomic E-state index is 16.2. The molecular weight excluding hydrogens is 628 g/mol. The molecule has 11 heteroatoms. The number of carbonyl (C=O) groups is 2. The van der Waals surface area contributed by atoms with Crippen molar-refractivity contribution in [1.29, 1.82) is 0 Å². The number of carbonyl (C=O) groups excluding carboxylic acids is 2. The summed E-state index contributed by atoms with van der Waals surface area (Å²) < 4.78 is 23.4. The van der Waals surface area contributed by atoms with Crippen LogP contribution >= 0.6 is 23.2 Å². The number of amides is 2. The first-order valence-electron chi connectivity index (χ1n) is 15.8. The number of nitrogens with one attached hydrogen (secondary N) is 2. The van der Waals surface area contributed by atoms with Crippen LogP contribution in [0.25, 0.3) is 11.0 Å². The summed E-state index contributed by atoms with van der Waals surface area (Å²) in [6.45, 7) is 4.17. The third-order valence-electron chi connectivity index (χ3n) is 9.97. The Morgan fingerprint density at radius 1 is 1.09 bits per heavy atom. The van der Waals surface area contributed by atoms with E-state index in [2.05, 4.69) is 20.1 Å². The zero-order chi connectivity index (χ0) is 32.2. The predicted octanol–water partition coefficient (Wildman–Crippen LogP) is 6.62. The van der Waals surface area contributed by atoms with Crippen LogP contribution in [0.3, 0.4) is 0 Å². The molecule has 1 saturated heterocycles. The van der Waals surface area contributed by atoms with Crippen LogP contribution in [0.5, 0.6) is 0 Å². The minimum absolute atomic E-state index is 0.0146. The molecule has 0 spiro atoms. The molecule has 2 aliphatic heterocycles. The second-order valence-corrected chi connectivity index (χ2v) is 13.6. The summed E-state index contributed by atoms with van der Waals surface area (Å²) in [5, 5.41) is 6.52. The molecule has 7 rings (SSSR count). The van der Waals surface area contributed by atoms with E-state index >= 15 is 4.39 Å². The zero-order valence-electron chi connectivity index (χ0n) is 25.7. The van der Waals surface area contributed by atoms with E-state index in [-0.39, 0.29) is 28.8 Å². The molecule has 2 amide bonds. The molecule has 4 atom stereocenters. The molecule has 240 valence electrons. The molecule has 3 aromatic carbocycles. The second-order valence-electron chi connectivity index (χ2n) is 12.8. The summed E-state index contributed by atoms with van der Waals surface area (Å²) in [4.78, 5) is 35.0. The van der Waals surface area contributed by atoms with Crippen LogP contribution in [0.2, 0.25) is 10.0 Å². The van der Waals surface area contributed by atoms with Crippen LogP contribution in [0.15, 0.2) is 60.7 Å². The third kappa shape index (κ3) is 5.37. The molecule has 0 radical (unpaired) electrons. The van der Waals surface area contributed by atoms with Crippen LogP contribution in [0, 0.1) is 11.7 Å². The van der Waals surface area contributed by atoms with E-state index in [1.165, 1.54) is 6.07 Å². The number of aryl methyl sites for hydroxylation is 1. The monoisotopic (exact) mass is 663 g/mol. The lowest BCUT2D eigenvalue weighted by atomic mass is 9.73. The SMILES string of the molecule is COCCNC(=O)c1ccc2c(c1)nc1n2CC[C@H]2[C@@H]1[C@H](c1cccc(Cl)c1F)[C@](C)(C(=O)Nc1cccc(Cl)c1)N2CC1CC1. The largest absolute Gasteiger partial charge is 0.383 e. The van der Waals surface area contributed by atoms with Gasteiger partial charge in [-0.15, -0.1) is 0 Å². The van der Waals surface area contributed by atoms with E-state index in [4.69, 9.17) is 32.9 Å². The number of benzene rings is 3. The number of ether oxygens (including phenoxy) is 1.